The van der Waals surface area contributed by atoms with E-state index in [9.17, 15) is 0 Å². The molecule has 1 aliphatic heterocycles. The van der Waals surface area contributed by atoms with Crippen LogP contribution in [0.3, 0.4) is 0 Å². The Morgan fingerprint density at radius 3 is 2.50 bits per heavy atom. The summed E-state index contributed by atoms with van der Waals surface area (Å²) in [7, 11) is 0. The first-order chi connectivity index (χ1) is 3.00. The SMILES string of the molecule is C1=COOCO1. The summed E-state index contributed by atoms with van der Waals surface area (Å²) in [4.78, 5) is 8.52. The van der Waals surface area contributed by atoms with Gasteiger partial charge in [0.25, 0.3) is 0 Å². The quantitative estimate of drug-likeness (QED) is 0.401. The monoisotopic (exact) mass is 88.0 g/mol. The average Bonchev–Trinajstić information content (AvgIpc) is 1.72. The maximum Gasteiger partial charge on any atom is 0.231 e. The fraction of sp³-hybridized carbons (Fsp3) is 0.333. The summed E-state index contributed by atoms with van der Waals surface area (Å²) in [6.45, 7) is 0.191. The smallest absolute Gasteiger partial charge is 0.231 e. The fourth-order valence-electron chi connectivity index (χ4n) is 0.196. The minimum absolute atomic E-state index is 0.191. The topological polar surface area (TPSA) is 27.7 Å². The molecular formula is C3H4O3. The maximum atomic E-state index is 4.54. The lowest BCUT2D eigenvalue weighted by atomic mass is 11.0. The number of hydrogen-bond acceptors (Lipinski definition) is 3. The van der Waals surface area contributed by atoms with Gasteiger partial charge >= 0.3 is 0 Å². The summed E-state index contributed by atoms with van der Waals surface area (Å²) in [5.74, 6) is 0. The summed E-state index contributed by atoms with van der Waals surface area (Å²) in [5.41, 5.74) is 0. The summed E-state index contributed by atoms with van der Waals surface area (Å²) >= 11 is 0. The van der Waals surface area contributed by atoms with Crippen molar-refractivity contribution >= 4 is 0 Å². The van der Waals surface area contributed by atoms with Crippen LogP contribution in [0.2, 0.25) is 0 Å². The molecule has 0 fully saturated rings. The Bertz CT molecular complexity index is 51.1. The molecule has 0 saturated carbocycles. The Morgan fingerprint density at radius 2 is 2.33 bits per heavy atom. The molecule has 0 atom stereocenters. The molecule has 0 aromatic carbocycles. The molecule has 0 bridgehead atoms. The molecule has 0 aromatic heterocycles. The van der Waals surface area contributed by atoms with E-state index in [1.54, 1.807) is 0 Å². The van der Waals surface area contributed by atoms with Crippen LogP contribution in [0.5, 0.6) is 0 Å². The Labute approximate surface area is 35.0 Å². The maximum absolute atomic E-state index is 4.54. The van der Waals surface area contributed by atoms with E-state index in [1.165, 1.54) is 12.5 Å². The van der Waals surface area contributed by atoms with Crippen LogP contribution in [0, 0.1) is 0 Å². The van der Waals surface area contributed by atoms with Crippen LogP contribution in [0.15, 0.2) is 12.5 Å². The first kappa shape index (κ1) is 3.49. The highest BCUT2D eigenvalue weighted by Crippen LogP contribution is 1.89. The highest BCUT2D eigenvalue weighted by Gasteiger charge is 1.85. The molecule has 1 aliphatic rings. The van der Waals surface area contributed by atoms with Crippen molar-refractivity contribution in [2.24, 2.45) is 0 Å². The van der Waals surface area contributed by atoms with Gasteiger partial charge in [0.1, 0.15) is 6.26 Å². The van der Waals surface area contributed by atoms with E-state index in [2.05, 4.69) is 14.5 Å². The van der Waals surface area contributed by atoms with Crippen LogP contribution in [0.4, 0.5) is 0 Å². The van der Waals surface area contributed by atoms with Crippen LogP contribution in [0.1, 0.15) is 0 Å². The van der Waals surface area contributed by atoms with Gasteiger partial charge < -0.3 is 9.62 Å². The van der Waals surface area contributed by atoms with E-state index in [0.717, 1.165) is 0 Å². The van der Waals surface area contributed by atoms with Crippen LogP contribution in [-0.4, -0.2) is 6.79 Å². The van der Waals surface area contributed by atoms with Crippen molar-refractivity contribution in [3.8, 4) is 0 Å². The average molecular weight is 88.1 g/mol. The zero-order valence-corrected chi connectivity index (χ0v) is 3.09. The first-order valence-electron chi connectivity index (χ1n) is 1.55. The lowest BCUT2D eigenvalue weighted by Crippen LogP contribution is -1.97. The van der Waals surface area contributed by atoms with E-state index in [1.807, 2.05) is 0 Å². The Balaban J connectivity index is 2.26. The summed E-state index contributed by atoms with van der Waals surface area (Å²) < 4.78 is 4.54. The van der Waals surface area contributed by atoms with Crippen molar-refractivity contribution < 1.29 is 14.5 Å². The van der Waals surface area contributed by atoms with Crippen molar-refractivity contribution in [3.05, 3.63) is 12.5 Å². The summed E-state index contributed by atoms with van der Waals surface area (Å²) in [6, 6.07) is 0. The van der Waals surface area contributed by atoms with Crippen molar-refractivity contribution in [1.29, 1.82) is 0 Å². The number of hydrogen-bond donors (Lipinski definition) is 0. The Morgan fingerprint density at radius 1 is 1.33 bits per heavy atom. The molecule has 0 unspecified atom stereocenters. The second-order valence-corrected chi connectivity index (χ2v) is 0.771. The van der Waals surface area contributed by atoms with Crippen molar-refractivity contribution in [2.75, 3.05) is 6.79 Å². The van der Waals surface area contributed by atoms with E-state index >= 15 is 0 Å². The minimum atomic E-state index is 0.191. The van der Waals surface area contributed by atoms with Crippen LogP contribution < -0.4 is 0 Å². The Hall–Kier alpha value is -0.700. The summed E-state index contributed by atoms with van der Waals surface area (Å²) in [6.07, 6.45) is 2.74. The van der Waals surface area contributed by atoms with Gasteiger partial charge in [-0.25, -0.2) is 0 Å². The molecule has 34 valence electrons. The van der Waals surface area contributed by atoms with E-state index in [0.29, 0.717) is 0 Å². The minimum Gasteiger partial charge on any atom is -0.468 e. The molecule has 0 amide bonds. The normalized spacial score (nSPS) is 18.7. The largest absolute Gasteiger partial charge is 0.468 e. The molecule has 0 aliphatic carbocycles. The highest BCUT2D eigenvalue weighted by atomic mass is 17.2. The van der Waals surface area contributed by atoms with E-state index in [-0.39, 0.29) is 6.79 Å². The third-order valence-corrected chi connectivity index (χ3v) is 0.392. The molecule has 0 saturated heterocycles. The fourth-order valence-corrected chi connectivity index (χ4v) is 0.196. The van der Waals surface area contributed by atoms with Crippen molar-refractivity contribution in [1.82, 2.24) is 0 Å². The van der Waals surface area contributed by atoms with Gasteiger partial charge in [-0.15, -0.1) is 4.89 Å². The summed E-state index contributed by atoms with van der Waals surface area (Å²) in [5, 5.41) is 0. The van der Waals surface area contributed by atoms with Gasteiger partial charge in [-0.05, 0) is 0 Å². The molecular weight excluding hydrogens is 84.0 g/mol. The Kier molecular flexibility index (Phi) is 0.969. The van der Waals surface area contributed by atoms with Gasteiger partial charge in [-0.3, -0.25) is 0 Å². The van der Waals surface area contributed by atoms with Crippen LogP contribution in [0.25, 0.3) is 0 Å². The van der Waals surface area contributed by atoms with Crippen molar-refractivity contribution in [3.63, 3.8) is 0 Å². The van der Waals surface area contributed by atoms with Gasteiger partial charge in [0.15, 0.2) is 6.26 Å². The molecule has 0 radical (unpaired) electrons. The zero-order chi connectivity index (χ0) is 4.24. The van der Waals surface area contributed by atoms with Crippen LogP contribution in [-0.2, 0) is 14.5 Å². The van der Waals surface area contributed by atoms with E-state index in [4.69, 9.17) is 0 Å². The zero-order valence-electron chi connectivity index (χ0n) is 3.09. The number of rotatable bonds is 0. The van der Waals surface area contributed by atoms with Gasteiger partial charge in [-0.1, -0.05) is 0 Å². The predicted octanol–water partition coefficient (Wildman–Crippen LogP) is 0.393. The lowest BCUT2D eigenvalue weighted by Gasteiger charge is -2.03. The molecule has 0 N–H and O–H groups in total. The van der Waals surface area contributed by atoms with Gasteiger partial charge in [0.2, 0.25) is 6.79 Å². The standard InChI is InChI=1S/C3H4O3/c1-2-5-6-3-4-1/h1-2H,3H2. The van der Waals surface area contributed by atoms with Gasteiger partial charge in [-0.2, -0.15) is 0 Å². The first-order valence-corrected chi connectivity index (χ1v) is 1.55. The predicted molar refractivity (Wildman–Crippen MR) is 17.3 cm³/mol. The molecule has 1 rings (SSSR count). The lowest BCUT2D eigenvalue weighted by molar-refractivity contribution is -0.307. The highest BCUT2D eigenvalue weighted by molar-refractivity contribution is 4.58. The van der Waals surface area contributed by atoms with Crippen LogP contribution >= 0.6 is 0 Å². The second kappa shape index (κ2) is 1.67. The molecule has 0 spiro atoms. The second-order valence-electron chi connectivity index (χ2n) is 0.771. The van der Waals surface area contributed by atoms with Crippen molar-refractivity contribution in [2.45, 2.75) is 0 Å². The molecule has 3 nitrogen and oxygen atoms in total. The molecule has 3 heteroatoms. The number of ether oxygens (including phenoxy) is 1. The molecule has 1 heterocycles. The third-order valence-electron chi connectivity index (χ3n) is 0.392. The molecule has 6 heavy (non-hydrogen) atoms. The van der Waals surface area contributed by atoms with E-state index < -0.39 is 0 Å². The molecule has 0 aromatic rings. The third kappa shape index (κ3) is 0.621. The van der Waals surface area contributed by atoms with Gasteiger partial charge in [0.05, 0.1) is 0 Å². The van der Waals surface area contributed by atoms with Gasteiger partial charge in [0, 0.05) is 0 Å².